The van der Waals surface area contributed by atoms with E-state index in [1.165, 1.54) is 23.1 Å². The highest BCUT2D eigenvalue weighted by atomic mass is 35.5. The van der Waals surface area contributed by atoms with Crippen molar-refractivity contribution in [2.24, 2.45) is 0 Å². The second-order valence-corrected chi connectivity index (χ2v) is 7.05. The SMILES string of the molecule is Nc1ccc2nc(NC(=O)CSc3ccc(Cl)cc3)sc2c1. The van der Waals surface area contributed by atoms with E-state index in [0.29, 0.717) is 21.6 Å². The molecule has 4 nitrogen and oxygen atoms in total. The fraction of sp³-hybridized carbons (Fsp3) is 0.0667. The van der Waals surface area contributed by atoms with E-state index in [4.69, 9.17) is 17.3 Å². The van der Waals surface area contributed by atoms with E-state index in [1.54, 1.807) is 18.2 Å². The van der Waals surface area contributed by atoms with Crippen molar-refractivity contribution >= 4 is 61.6 Å². The maximum absolute atomic E-state index is 12.0. The molecule has 7 heteroatoms. The Labute approximate surface area is 140 Å². The smallest absolute Gasteiger partial charge is 0.236 e. The molecule has 1 amide bonds. The van der Waals surface area contributed by atoms with Gasteiger partial charge in [0.1, 0.15) is 0 Å². The number of thiazole rings is 1. The van der Waals surface area contributed by atoms with Gasteiger partial charge in [-0.15, -0.1) is 11.8 Å². The number of carbonyl (C=O) groups is 1. The van der Waals surface area contributed by atoms with Gasteiger partial charge < -0.3 is 11.1 Å². The standard InChI is InChI=1S/C15H12ClN3OS2/c16-9-1-4-11(5-2-9)21-8-14(20)19-15-18-12-6-3-10(17)7-13(12)22-15/h1-7H,8,17H2,(H,18,19,20). The van der Waals surface area contributed by atoms with Gasteiger partial charge in [0.15, 0.2) is 5.13 Å². The molecule has 22 heavy (non-hydrogen) atoms. The van der Waals surface area contributed by atoms with Crippen LogP contribution in [0.2, 0.25) is 5.02 Å². The molecule has 2 aromatic carbocycles. The van der Waals surface area contributed by atoms with Crippen LogP contribution in [-0.4, -0.2) is 16.6 Å². The van der Waals surface area contributed by atoms with Gasteiger partial charge in [0.2, 0.25) is 5.91 Å². The van der Waals surface area contributed by atoms with Crippen LogP contribution >= 0.6 is 34.7 Å². The number of fused-ring (bicyclic) bond motifs is 1. The highest BCUT2D eigenvalue weighted by Gasteiger charge is 2.08. The van der Waals surface area contributed by atoms with E-state index < -0.39 is 0 Å². The topological polar surface area (TPSA) is 68.0 Å². The number of halogens is 1. The van der Waals surface area contributed by atoms with Crippen molar-refractivity contribution in [1.82, 2.24) is 4.98 Å². The summed E-state index contributed by atoms with van der Waals surface area (Å²) in [5, 5.41) is 4.08. The number of nitrogen functional groups attached to an aromatic ring is 1. The zero-order valence-corrected chi connectivity index (χ0v) is 13.8. The fourth-order valence-corrected chi connectivity index (χ4v) is 3.58. The van der Waals surface area contributed by atoms with Crippen LogP contribution in [0.5, 0.6) is 0 Å². The number of thioether (sulfide) groups is 1. The second-order valence-electron chi connectivity index (χ2n) is 4.54. The molecular weight excluding hydrogens is 338 g/mol. The van der Waals surface area contributed by atoms with Crippen molar-refractivity contribution in [2.45, 2.75) is 4.90 Å². The van der Waals surface area contributed by atoms with Crippen LogP contribution in [0, 0.1) is 0 Å². The maximum Gasteiger partial charge on any atom is 0.236 e. The van der Waals surface area contributed by atoms with Crippen LogP contribution in [0.3, 0.4) is 0 Å². The summed E-state index contributed by atoms with van der Waals surface area (Å²) in [6.07, 6.45) is 0. The molecule has 0 spiro atoms. The Morgan fingerprint density at radius 1 is 1.27 bits per heavy atom. The van der Waals surface area contributed by atoms with Crippen molar-refractivity contribution in [3.8, 4) is 0 Å². The molecule has 112 valence electrons. The van der Waals surface area contributed by atoms with Gasteiger partial charge in [-0.2, -0.15) is 0 Å². The Balaban J connectivity index is 1.61. The number of nitrogens with zero attached hydrogens (tertiary/aromatic N) is 1. The minimum absolute atomic E-state index is 0.0908. The van der Waals surface area contributed by atoms with Gasteiger partial charge in [-0.05, 0) is 42.5 Å². The largest absolute Gasteiger partial charge is 0.399 e. The molecule has 0 aliphatic heterocycles. The van der Waals surface area contributed by atoms with Gasteiger partial charge in [-0.3, -0.25) is 4.79 Å². The number of aromatic nitrogens is 1. The van der Waals surface area contributed by atoms with Crippen LogP contribution in [0.15, 0.2) is 47.4 Å². The third-order valence-electron chi connectivity index (χ3n) is 2.84. The highest BCUT2D eigenvalue weighted by molar-refractivity contribution is 8.00. The van der Waals surface area contributed by atoms with E-state index in [-0.39, 0.29) is 5.91 Å². The summed E-state index contributed by atoms with van der Waals surface area (Å²) < 4.78 is 0.959. The Hall–Kier alpha value is -1.76. The third kappa shape index (κ3) is 3.71. The molecular formula is C15H12ClN3OS2. The summed E-state index contributed by atoms with van der Waals surface area (Å²) in [5.74, 6) is 0.228. The first-order valence-corrected chi connectivity index (χ1v) is 8.62. The number of anilines is 2. The monoisotopic (exact) mass is 349 g/mol. The third-order valence-corrected chi connectivity index (χ3v) is 5.04. The fourth-order valence-electron chi connectivity index (χ4n) is 1.83. The minimum atomic E-state index is -0.0908. The Morgan fingerprint density at radius 2 is 2.05 bits per heavy atom. The number of hydrogen-bond acceptors (Lipinski definition) is 5. The van der Waals surface area contributed by atoms with Crippen molar-refractivity contribution in [3.05, 3.63) is 47.5 Å². The highest BCUT2D eigenvalue weighted by Crippen LogP contribution is 2.28. The number of benzene rings is 2. The van der Waals surface area contributed by atoms with Crippen LogP contribution in [0.1, 0.15) is 0 Å². The molecule has 1 aromatic heterocycles. The second kappa shape index (κ2) is 6.56. The van der Waals surface area contributed by atoms with Gasteiger partial charge in [0.25, 0.3) is 0 Å². The van der Waals surface area contributed by atoms with Crippen LogP contribution in [-0.2, 0) is 4.79 Å². The molecule has 0 saturated heterocycles. The average molecular weight is 350 g/mol. The lowest BCUT2D eigenvalue weighted by atomic mass is 10.3. The number of carbonyl (C=O) groups excluding carboxylic acids is 1. The molecule has 3 N–H and O–H groups in total. The van der Waals surface area contributed by atoms with Crippen molar-refractivity contribution in [2.75, 3.05) is 16.8 Å². The lowest BCUT2D eigenvalue weighted by Crippen LogP contribution is -2.13. The maximum atomic E-state index is 12.0. The molecule has 0 unspecified atom stereocenters. The van der Waals surface area contributed by atoms with Crippen LogP contribution in [0.4, 0.5) is 10.8 Å². The average Bonchev–Trinajstić information content (AvgIpc) is 2.88. The van der Waals surface area contributed by atoms with Gasteiger partial charge in [-0.1, -0.05) is 22.9 Å². The zero-order valence-electron chi connectivity index (χ0n) is 11.4. The molecule has 0 aliphatic rings. The Bertz CT molecular complexity index is 817. The summed E-state index contributed by atoms with van der Waals surface area (Å²) >= 11 is 8.69. The molecule has 0 bridgehead atoms. The molecule has 1 heterocycles. The Kier molecular flexibility index (Phi) is 4.52. The van der Waals surface area contributed by atoms with Crippen LogP contribution < -0.4 is 11.1 Å². The first-order valence-electron chi connectivity index (χ1n) is 6.44. The number of nitrogens with two attached hydrogens (primary N) is 1. The number of amides is 1. The van der Waals surface area contributed by atoms with Gasteiger partial charge in [0.05, 0.1) is 16.0 Å². The predicted octanol–water partition coefficient (Wildman–Crippen LogP) is 4.26. The summed E-state index contributed by atoms with van der Waals surface area (Å²) in [7, 11) is 0. The quantitative estimate of drug-likeness (QED) is 0.545. The molecule has 0 atom stereocenters. The van der Waals surface area contributed by atoms with E-state index in [9.17, 15) is 4.79 Å². The molecule has 3 aromatic rings. The van der Waals surface area contributed by atoms with Gasteiger partial charge >= 0.3 is 0 Å². The van der Waals surface area contributed by atoms with Gasteiger partial charge in [0, 0.05) is 15.6 Å². The van der Waals surface area contributed by atoms with E-state index in [2.05, 4.69) is 10.3 Å². The summed E-state index contributed by atoms with van der Waals surface area (Å²) in [5.41, 5.74) is 7.26. The number of rotatable bonds is 4. The number of nitrogens with one attached hydrogen (secondary N) is 1. The normalized spacial score (nSPS) is 10.8. The van der Waals surface area contributed by atoms with Crippen molar-refractivity contribution in [3.63, 3.8) is 0 Å². The van der Waals surface area contributed by atoms with E-state index >= 15 is 0 Å². The van der Waals surface area contributed by atoms with E-state index in [0.717, 1.165) is 15.1 Å². The molecule has 3 rings (SSSR count). The Morgan fingerprint density at radius 3 is 2.82 bits per heavy atom. The summed E-state index contributed by atoms with van der Waals surface area (Å²) in [6.45, 7) is 0. The minimum Gasteiger partial charge on any atom is -0.399 e. The molecule has 0 fully saturated rings. The van der Waals surface area contributed by atoms with Crippen molar-refractivity contribution in [1.29, 1.82) is 0 Å². The summed E-state index contributed by atoms with van der Waals surface area (Å²) in [6, 6.07) is 12.9. The summed E-state index contributed by atoms with van der Waals surface area (Å²) in [4.78, 5) is 17.3. The predicted molar refractivity (Wildman–Crippen MR) is 94.8 cm³/mol. The first kappa shape index (κ1) is 15.1. The van der Waals surface area contributed by atoms with Gasteiger partial charge in [-0.25, -0.2) is 4.98 Å². The lowest BCUT2D eigenvalue weighted by Gasteiger charge is -2.02. The zero-order chi connectivity index (χ0) is 15.5. The lowest BCUT2D eigenvalue weighted by molar-refractivity contribution is -0.113. The molecule has 0 saturated carbocycles. The molecule has 0 aliphatic carbocycles. The molecule has 0 radical (unpaired) electrons. The van der Waals surface area contributed by atoms with Crippen LogP contribution in [0.25, 0.3) is 10.2 Å². The van der Waals surface area contributed by atoms with E-state index in [1.807, 2.05) is 24.3 Å². The van der Waals surface area contributed by atoms with Crippen molar-refractivity contribution < 1.29 is 4.79 Å². The number of hydrogen-bond donors (Lipinski definition) is 2. The first-order chi connectivity index (χ1) is 10.6.